The summed E-state index contributed by atoms with van der Waals surface area (Å²) in [4.78, 5) is 0. The van der Waals surface area contributed by atoms with Gasteiger partial charge in [0, 0.05) is 33.7 Å². The average Bonchev–Trinajstić information content (AvgIpc) is 2.29. The first-order chi connectivity index (χ1) is 7.98. The Morgan fingerprint density at radius 2 is 1.76 bits per heavy atom. The molecule has 0 bridgehead atoms. The van der Waals surface area contributed by atoms with Crippen molar-refractivity contribution in [1.82, 2.24) is 8.61 Å². The van der Waals surface area contributed by atoms with Gasteiger partial charge in [0.25, 0.3) is 10.2 Å². The molecule has 0 unspecified atom stereocenters. The van der Waals surface area contributed by atoms with E-state index in [1.54, 1.807) is 0 Å². The Kier molecular flexibility index (Phi) is 5.07. The average molecular weight is 257 g/mol. The summed E-state index contributed by atoms with van der Waals surface area (Å²) in [5, 5.41) is 0. The molecule has 0 aliphatic rings. The molecule has 0 spiro atoms. The Hall–Kier alpha value is -0.950. The van der Waals surface area contributed by atoms with Gasteiger partial charge in [0.05, 0.1) is 0 Å². The minimum Gasteiger partial charge on any atom is -0.329 e. The van der Waals surface area contributed by atoms with Crippen LogP contribution in [-0.4, -0.2) is 44.2 Å². The first-order valence-electron chi connectivity index (χ1n) is 5.40. The van der Waals surface area contributed by atoms with Crippen molar-refractivity contribution in [2.75, 3.05) is 27.2 Å². The molecule has 0 aliphatic heterocycles. The third-order valence-corrected chi connectivity index (χ3v) is 4.26. The molecule has 1 rings (SSSR count). The van der Waals surface area contributed by atoms with E-state index in [1.165, 1.54) is 22.7 Å². The second-order valence-corrected chi connectivity index (χ2v) is 6.04. The summed E-state index contributed by atoms with van der Waals surface area (Å²) in [5.74, 6) is 0. The molecule has 1 aromatic carbocycles. The fourth-order valence-electron chi connectivity index (χ4n) is 1.44. The Balaban J connectivity index is 2.88. The molecular weight excluding hydrogens is 238 g/mol. The van der Waals surface area contributed by atoms with E-state index in [-0.39, 0.29) is 0 Å². The van der Waals surface area contributed by atoms with E-state index in [4.69, 9.17) is 5.73 Å². The predicted octanol–water partition coefficient (Wildman–Crippen LogP) is 0.254. The lowest BCUT2D eigenvalue weighted by molar-refractivity contribution is 0.376. The zero-order chi connectivity index (χ0) is 12.9. The summed E-state index contributed by atoms with van der Waals surface area (Å²) in [6.07, 6.45) is 0. The van der Waals surface area contributed by atoms with Gasteiger partial charge in [-0.05, 0) is 5.56 Å². The molecule has 0 saturated carbocycles. The second-order valence-electron chi connectivity index (χ2n) is 3.90. The van der Waals surface area contributed by atoms with Crippen LogP contribution in [0.3, 0.4) is 0 Å². The molecule has 0 heterocycles. The van der Waals surface area contributed by atoms with Crippen LogP contribution in [-0.2, 0) is 16.8 Å². The van der Waals surface area contributed by atoms with Crippen molar-refractivity contribution in [3.05, 3.63) is 35.9 Å². The summed E-state index contributed by atoms with van der Waals surface area (Å²) in [6.45, 7) is 0.966. The van der Waals surface area contributed by atoms with E-state index in [2.05, 4.69) is 0 Å². The molecule has 96 valence electrons. The molecule has 1 aromatic rings. The van der Waals surface area contributed by atoms with E-state index in [0.29, 0.717) is 19.6 Å². The van der Waals surface area contributed by atoms with Crippen LogP contribution in [0.25, 0.3) is 0 Å². The first kappa shape index (κ1) is 14.1. The zero-order valence-corrected chi connectivity index (χ0v) is 11.0. The predicted molar refractivity (Wildman–Crippen MR) is 68.5 cm³/mol. The quantitative estimate of drug-likeness (QED) is 0.794. The van der Waals surface area contributed by atoms with Gasteiger partial charge in [0.15, 0.2) is 0 Å². The number of nitrogens with two attached hydrogens (primary N) is 1. The normalized spacial score (nSPS) is 12.3. The molecule has 5 nitrogen and oxygen atoms in total. The molecular formula is C11H19N3O2S. The Morgan fingerprint density at radius 3 is 2.24 bits per heavy atom. The highest BCUT2D eigenvalue weighted by Crippen LogP contribution is 2.10. The van der Waals surface area contributed by atoms with Crippen molar-refractivity contribution < 1.29 is 8.42 Å². The maximum Gasteiger partial charge on any atom is 0.281 e. The molecule has 0 atom stereocenters. The Morgan fingerprint density at radius 1 is 1.18 bits per heavy atom. The van der Waals surface area contributed by atoms with Crippen LogP contribution >= 0.6 is 0 Å². The smallest absolute Gasteiger partial charge is 0.281 e. The van der Waals surface area contributed by atoms with Crippen LogP contribution in [0.5, 0.6) is 0 Å². The molecule has 6 heteroatoms. The maximum atomic E-state index is 12.0. The van der Waals surface area contributed by atoms with Crippen LogP contribution in [0.1, 0.15) is 5.56 Å². The molecule has 2 N–H and O–H groups in total. The Bertz CT molecular complexity index is 431. The van der Waals surface area contributed by atoms with Gasteiger partial charge < -0.3 is 5.73 Å². The number of nitrogens with zero attached hydrogens (tertiary/aromatic N) is 2. The lowest BCUT2D eigenvalue weighted by atomic mass is 10.2. The van der Waals surface area contributed by atoms with Crippen LogP contribution in [0.15, 0.2) is 30.3 Å². The minimum atomic E-state index is -3.41. The van der Waals surface area contributed by atoms with Gasteiger partial charge in [0.1, 0.15) is 0 Å². The van der Waals surface area contributed by atoms with E-state index in [1.807, 2.05) is 30.3 Å². The lowest BCUT2D eigenvalue weighted by Gasteiger charge is -2.24. The minimum absolute atomic E-state index is 0.305. The van der Waals surface area contributed by atoms with E-state index >= 15 is 0 Å². The number of hydrogen-bond donors (Lipinski definition) is 1. The fourth-order valence-corrected chi connectivity index (χ4v) is 2.55. The van der Waals surface area contributed by atoms with Crippen molar-refractivity contribution in [3.8, 4) is 0 Å². The summed E-state index contributed by atoms with van der Waals surface area (Å²) < 4.78 is 26.6. The van der Waals surface area contributed by atoms with Gasteiger partial charge in [-0.2, -0.15) is 17.0 Å². The SMILES string of the molecule is CN(C)S(=O)(=O)N(CCN)Cc1ccccc1. The van der Waals surface area contributed by atoms with Crippen molar-refractivity contribution in [2.45, 2.75) is 6.54 Å². The standard InChI is InChI=1S/C11H19N3O2S/c1-13(2)17(15,16)14(9-8-12)10-11-6-4-3-5-7-11/h3-7H,8-10,12H2,1-2H3. The first-order valence-corrected chi connectivity index (χ1v) is 6.79. The zero-order valence-electron chi connectivity index (χ0n) is 10.2. The van der Waals surface area contributed by atoms with Crippen molar-refractivity contribution in [3.63, 3.8) is 0 Å². The molecule has 0 radical (unpaired) electrons. The Labute approximate surface area is 103 Å². The largest absolute Gasteiger partial charge is 0.329 e. The number of rotatable bonds is 6. The van der Waals surface area contributed by atoms with Gasteiger partial charge >= 0.3 is 0 Å². The van der Waals surface area contributed by atoms with Crippen molar-refractivity contribution >= 4 is 10.2 Å². The number of hydrogen-bond acceptors (Lipinski definition) is 3. The topological polar surface area (TPSA) is 66.6 Å². The van der Waals surface area contributed by atoms with Crippen LogP contribution < -0.4 is 5.73 Å². The van der Waals surface area contributed by atoms with Gasteiger partial charge in [-0.25, -0.2) is 0 Å². The van der Waals surface area contributed by atoms with Crippen LogP contribution in [0.4, 0.5) is 0 Å². The molecule has 0 aliphatic carbocycles. The summed E-state index contributed by atoms with van der Waals surface area (Å²) in [5.41, 5.74) is 6.41. The van der Waals surface area contributed by atoms with Crippen LogP contribution in [0, 0.1) is 0 Å². The highest BCUT2D eigenvalue weighted by atomic mass is 32.2. The lowest BCUT2D eigenvalue weighted by Crippen LogP contribution is -2.42. The van der Waals surface area contributed by atoms with Gasteiger partial charge in [-0.15, -0.1) is 0 Å². The second kappa shape index (κ2) is 6.11. The maximum absolute atomic E-state index is 12.0. The highest BCUT2D eigenvalue weighted by molar-refractivity contribution is 7.86. The molecule has 0 saturated heterocycles. The molecule has 17 heavy (non-hydrogen) atoms. The molecule has 0 amide bonds. The van der Waals surface area contributed by atoms with E-state index in [9.17, 15) is 8.42 Å². The third kappa shape index (κ3) is 3.78. The summed E-state index contributed by atoms with van der Waals surface area (Å²) in [7, 11) is -0.377. The van der Waals surface area contributed by atoms with Gasteiger partial charge in [0.2, 0.25) is 0 Å². The molecule has 0 aromatic heterocycles. The fraction of sp³-hybridized carbons (Fsp3) is 0.455. The monoisotopic (exact) mass is 257 g/mol. The van der Waals surface area contributed by atoms with Gasteiger partial charge in [-0.3, -0.25) is 0 Å². The highest BCUT2D eigenvalue weighted by Gasteiger charge is 2.23. The van der Waals surface area contributed by atoms with Crippen LogP contribution in [0.2, 0.25) is 0 Å². The van der Waals surface area contributed by atoms with E-state index < -0.39 is 10.2 Å². The van der Waals surface area contributed by atoms with Gasteiger partial charge in [-0.1, -0.05) is 30.3 Å². The van der Waals surface area contributed by atoms with Crippen molar-refractivity contribution in [1.29, 1.82) is 0 Å². The van der Waals surface area contributed by atoms with Crippen molar-refractivity contribution in [2.24, 2.45) is 5.73 Å². The van der Waals surface area contributed by atoms with E-state index in [0.717, 1.165) is 5.56 Å². The number of benzene rings is 1. The summed E-state index contributed by atoms with van der Waals surface area (Å²) in [6, 6.07) is 9.47. The third-order valence-electron chi connectivity index (χ3n) is 2.37. The molecule has 0 fully saturated rings. The summed E-state index contributed by atoms with van der Waals surface area (Å²) >= 11 is 0.